The number of hydrogen-bond donors (Lipinski definition) is 0. The Balaban J connectivity index is 1.87. The Kier molecular flexibility index (Phi) is 4.39. The van der Waals surface area contributed by atoms with E-state index in [2.05, 4.69) is 40.2 Å². The summed E-state index contributed by atoms with van der Waals surface area (Å²) in [6.07, 6.45) is 0.935. The van der Waals surface area contributed by atoms with Crippen LogP contribution in [0, 0.1) is 0 Å². The van der Waals surface area contributed by atoms with Gasteiger partial charge in [-0.05, 0) is 35.7 Å². The summed E-state index contributed by atoms with van der Waals surface area (Å²) < 4.78 is 1.25. The first-order chi connectivity index (χ1) is 9.76. The Morgan fingerprint density at radius 1 is 1.15 bits per heavy atom. The monoisotopic (exact) mass is 365 g/mol. The fourth-order valence-electron chi connectivity index (χ4n) is 2.24. The summed E-state index contributed by atoms with van der Waals surface area (Å²) in [6.45, 7) is 0. The van der Waals surface area contributed by atoms with Gasteiger partial charge in [0.2, 0.25) is 0 Å². The first-order valence-corrected chi connectivity index (χ1v) is 8.74. The minimum absolute atomic E-state index is 0.397. The van der Waals surface area contributed by atoms with Gasteiger partial charge in [0.05, 0.1) is 15.2 Å². The number of rotatable bonds is 4. The van der Waals surface area contributed by atoms with E-state index in [0.717, 1.165) is 22.3 Å². The van der Waals surface area contributed by atoms with E-state index in [0.29, 0.717) is 5.92 Å². The van der Waals surface area contributed by atoms with E-state index in [9.17, 15) is 0 Å². The molecule has 102 valence electrons. The van der Waals surface area contributed by atoms with Gasteiger partial charge in [-0.2, -0.15) is 0 Å². The SMILES string of the molecule is Clc1cccc(C(CBr)Cc2nc3ccccc3s2)c1. The molecule has 0 fully saturated rings. The van der Waals surface area contributed by atoms with E-state index < -0.39 is 0 Å². The van der Waals surface area contributed by atoms with Gasteiger partial charge < -0.3 is 0 Å². The fraction of sp³-hybridized carbons (Fsp3) is 0.188. The number of benzene rings is 2. The second-order valence-electron chi connectivity index (χ2n) is 4.69. The van der Waals surface area contributed by atoms with Crippen LogP contribution in [0.4, 0.5) is 0 Å². The van der Waals surface area contributed by atoms with E-state index >= 15 is 0 Å². The van der Waals surface area contributed by atoms with Crippen molar-refractivity contribution >= 4 is 49.1 Å². The summed E-state index contributed by atoms with van der Waals surface area (Å²) in [5.41, 5.74) is 2.35. The van der Waals surface area contributed by atoms with Crippen molar-refractivity contribution in [2.75, 3.05) is 5.33 Å². The molecule has 0 N–H and O–H groups in total. The van der Waals surface area contributed by atoms with Crippen molar-refractivity contribution in [1.82, 2.24) is 4.98 Å². The standard InChI is InChI=1S/C16H13BrClNS/c17-10-12(11-4-3-5-13(18)8-11)9-16-19-14-6-1-2-7-15(14)20-16/h1-8,12H,9-10H2. The van der Waals surface area contributed by atoms with E-state index in [-0.39, 0.29) is 0 Å². The molecule has 0 spiro atoms. The molecule has 0 radical (unpaired) electrons. The molecule has 4 heteroatoms. The second kappa shape index (κ2) is 6.25. The fourth-order valence-corrected chi connectivity index (χ4v) is 4.09. The van der Waals surface area contributed by atoms with Gasteiger partial charge >= 0.3 is 0 Å². The van der Waals surface area contributed by atoms with Crippen LogP contribution in [0.25, 0.3) is 10.2 Å². The molecular weight excluding hydrogens is 354 g/mol. The molecule has 3 aromatic rings. The van der Waals surface area contributed by atoms with E-state index in [1.165, 1.54) is 15.3 Å². The number of hydrogen-bond acceptors (Lipinski definition) is 2. The van der Waals surface area contributed by atoms with Crippen LogP contribution < -0.4 is 0 Å². The van der Waals surface area contributed by atoms with Crippen LogP contribution in [0.15, 0.2) is 48.5 Å². The van der Waals surface area contributed by atoms with Crippen LogP contribution in [0.5, 0.6) is 0 Å². The number of alkyl halides is 1. The molecule has 0 saturated carbocycles. The minimum atomic E-state index is 0.397. The lowest BCUT2D eigenvalue weighted by Crippen LogP contribution is -2.04. The average Bonchev–Trinajstić information content (AvgIpc) is 2.87. The maximum absolute atomic E-state index is 6.08. The minimum Gasteiger partial charge on any atom is -0.241 e. The zero-order valence-corrected chi connectivity index (χ0v) is 13.9. The predicted molar refractivity (Wildman–Crippen MR) is 91.3 cm³/mol. The van der Waals surface area contributed by atoms with Gasteiger partial charge in [0.25, 0.3) is 0 Å². The molecule has 0 aliphatic carbocycles. The van der Waals surface area contributed by atoms with Gasteiger partial charge in [-0.3, -0.25) is 0 Å². The number of thiazole rings is 1. The number of nitrogens with zero attached hydrogens (tertiary/aromatic N) is 1. The van der Waals surface area contributed by atoms with Crippen molar-refractivity contribution in [3.8, 4) is 0 Å². The van der Waals surface area contributed by atoms with Crippen molar-refractivity contribution in [2.45, 2.75) is 12.3 Å². The zero-order valence-electron chi connectivity index (χ0n) is 10.7. The lowest BCUT2D eigenvalue weighted by Gasteiger charge is -2.13. The third-order valence-electron chi connectivity index (χ3n) is 3.27. The summed E-state index contributed by atoms with van der Waals surface area (Å²) in [5, 5.41) is 2.87. The first-order valence-electron chi connectivity index (χ1n) is 6.42. The smallest absolute Gasteiger partial charge is 0.0945 e. The maximum atomic E-state index is 6.08. The summed E-state index contributed by atoms with van der Waals surface area (Å²) in [6, 6.07) is 16.4. The topological polar surface area (TPSA) is 12.9 Å². The van der Waals surface area contributed by atoms with Crippen LogP contribution >= 0.6 is 38.9 Å². The molecule has 0 bridgehead atoms. The molecule has 0 aliphatic heterocycles. The Labute approximate surface area is 135 Å². The molecule has 20 heavy (non-hydrogen) atoms. The first kappa shape index (κ1) is 14.1. The number of para-hydroxylation sites is 1. The third kappa shape index (κ3) is 3.05. The molecule has 1 atom stereocenters. The quantitative estimate of drug-likeness (QED) is 0.542. The van der Waals surface area contributed by atoms with Gasteiger partial charge in [-0.15, -0.1) is 11.3 Å². The predicted octanol–water partition coefficient (Wildman–Crippen LogP) is 5.67. The molecular formula is C16H13BrClNS. The highest BCUT2D eigenvalue weighted by molar-refractivity contribution is 9.09. The maximum Gasteiger partial charge on any atom is 0.0945 e. The van der Waals surface area contributed by atoms with Crippen LogP contribution in [0.2, 0.25) is 5.02 Å². The van der Waals surface area contributed by atoms with Crippen molar-refractivity contribution in [2.24, 2.45) is 0 Å². The van der Waals surface area contributed by atoms with Crippen LogP contribution in [0.1, 0.15) is 16.5 Å². The Bertz CT molecular complexity index is 692. The normalized spacial score (nSPS) is 12.7. The lowest BCUT2D eigenvalue weighted by molar-refractivity contribution is 0.772. The van der Waals surface area contributed by atoms with Gasteiger partial charge in [-0.25, -0.2) is 4.98 Å². The highest BCUT2D eigenvalue weighted by Gasteiger charge is 2.14. The Morgan fingerprint density at radius 2 is 2.00 bits per heavy atom. The van der Waals surface area contributed by atoms with Crippen molar-refractivity contribution < 1.29 is 0 Å². The van der Waals surface area contributed by atoms with Gasteiger partial charge in [0.15, 0.2) is 0 Å². The average molecular weight is 367 g/mol. The van der Waals surface area contributed by atoms with Crippen molar-refractivity contribution in [1.29, 1.82) is 0 Å². The van der Waals surface area contributed by atoms with Gasteiger partial charge in [-0.1, -0.05) is 51.8 Å². The van der Waals surface area contributed by atoms with Crippen LogP contribution in [-0.4, -0.2) is 10.3 Å². The zero-order chi connectivity index (χ0) is 13.9. The lowest BCUT2D eigenvalue weighted by atomic mass is 9.98. The molecule has 0 amide bonds. The van der Waals surface area contributed by atoms with Crippen LogP contribution in [0.3, 0.4) is 0 Å². The summed E-state index contributed by atoms with van der Waals surface area (Å²) >= 11 is 11.5. The molecule has 1 aromatic heterocycles. The highest BCUT2D eigenvalue weighted by Crippen LogP contribution is 2.29. The van der Waals surface area contributed by atoms with E-state index in [1.54, 1.807) is 11.3 Å². The molecule has 0 saturated heterocycles. The summed E-state index contributed by atoms with van der Waals surface area (Å²) in [7, 11) is 0. The van der Waals surface area contributed by atoms with Crippen molar-refractivity contribution in [3.05, 3.63) is 64.1 Å². The van der Waals surface area contributed by atoms with Gasteiger partial charge in [0.1, 0.15) is 0 Å². The summed E-state index contributed by atoms with van der Waals surface area (Å²) in [5.74, 6) is 0.397. The largest absolute Gasteiger partial charge is 0.241 e. The molecule has 3 rings (SSSR count). The Morgan fingerprint density at radius 3 is 2.75 bits per heavy atom. The molecule has 1 heterocycles. The second-order valence-corrected chi connectivity index (χ2v) is 6.88. The summed E-state index contributed by atoms with van der Waals surface area (Å²) in [4.78, 5) is 4.71. The Hall–Kier alpha value is -0.900. The van der Waals surface area contributed by atoms with Crippen LogP contribution in [-0.2, 0) is 6.42 Å². The van der Waals surface area contributed by atoms with Crippen molar-refractivity contribution in [3.63, 3.8) is 0 Å². The van der Waals surface area contributed by atoms with E-state index in [1.807, 2.05) is 24.3 Å². The number of halogens is 2. The molecule has 1 unspecified atom stereocenters. The highest BCUT2D eigenvalue weighted by atomic mass is 79.9. The third-order valence-corrected chi connectivity index (χ3v) is 5.34. The molecule has 2 aromatic carbocycles. The number of aromatic nitrogens is 1. The molecule has 0 aliphatic rings. The van der Waals surface area contributed by atoms with E-state index in [4.69, 9.17) is 16.6 Å². The number of fused-ring (bicyclic) bond motifs is 1. The van der Waals surface area contributed by atoms with Gasteiger partial charge in [0, 0.05) is 16.8 Å². The molecule has 1 nitrogen and oxygen atoms in total.